The predicted octanol–water partition coefficient (Wildman–Crippen LogP) is 2.80. The molecule has 0 unspecified atom stereocenters. The molecule has 0 aliphatic rings. The third-order valence-electron chi connectivity index (χ3n) is 5.10. The zero-order valence-electron chi connectivity index (χ0n) is 18.8. The zero-order chi connectivity index (χ0) is 25.9. The number of amides is 2. The van der Waals surface area contributed by atoms with Crippen molar-refractivity contribution < 1.29 is 27.6 Å². The lowest BCUT2D eigenvalue weighted by Crippen LogP contribution is -2.37. The smallest absolute Gasteiger partial charge is 0.293 e. The second kappa shape index (κ2) is 9.80. The number of benzene rings is 1. The van der Waals surface area contributed by atoms with Crippen LogP contribution in [0.5, 0.6) is 0 Å². The number of nitrogens with zero attached hydrogens (tertiary/aromatic N) is 4. The number of halogens is 3. The Morgan fingerprint density at radius 1 is 1.31 bits per heavy atom. The van der Waals surface area contributed by atoms with Crippen molar-refractivity contribution in [2.24, 2.45) is 7.05 Å². The van der Waals surface area contributed by atoms with Crippen LogP contribution in [0.1, 0.15) is 57.1 Å². The molecule has 35 heavy (non-hydrogen) atoms. The highest BCUT2D eigenvalue weighted by Gasteiger charge is 2.33. The van der Waals surface area contributed by atoms with E-state index < -0.39 is 41.8 Å². The summed E-state index contributed by atoms with van der Waals surface area (Å²) < 4.78 is 42.1. The highest BCUT2D eigenvalue weighted by Crippen LogP contribution is 2.27. The van der Waals surface area contributed by atoms with E-state index >= 15 is 0 Å². The van der Waals surface area contributed by atoms with Crippen LogP contribution in [0.15, 0.2) is 30.6 Å². The molecule has 0 saturated carbocycles. The van der Waals surface area contributed by atoms with Gasteiger partial charge in [0.2, 0.25) is 5.92 Å². The fourth-order valence-electron chi connectivity index (χ4n) is 3.50. The van der Waals surface area contributed by atoms with Gasteiger partial charge in [0.15, 0.2) is 0 Å². The molecule has 0 bridgehead atoms. The van der Waals surface area contributed by atoms with Gasteiger partial charge in [-0.05, 0) is 37.6 Å². The molecule has 13 heteroatoms. The molecular formula is C22H20F3N7O3. The van der Waals surface area contributed by atoms with Crippen LogP contribution in [0.4, 0.5) is 18.9 Å². The van der Waals surface area contributed by atoms with Gasteiger partial charge in [0, 0.05) is 30.9 Å². The van der Waals surface area contributed by atoms with E-state index in [0.29, 0.717) is 6.92 Å². The van der Waals surface area contributed by atoms with E-state index in [1.165, 1.54) is 30.8 Å². The number of H-pyrrole nitrogens is 1. The molecule has 3 N–H and O–H groups in total. The van der Waals surface area contributed by atoms with Crippen molar-refractivity contribution in [1.82, 2.24) is 25.3 Å². The number of aryl methyl sites for hydroxylation is 1. The van der Waals surface area contributed by atoms with E-state index in [0.717, 1.165) is 18.3 Å². The van der Waals surface area contributed by atoms with E-state index in [-0.39, 0.29) is 33.8 Å². The fourth-order valence-corrected chi connectivity index (χ4v) is 3.50. The summed E-state index contributed by atoms with van der Waals surface area (Å²) in [5.41, 5.74) is -0.0280. The Morgan fingerprint density at radius 3 is 2.63 bits per heavy atom. The number of hydrogen-bond acceptors (Lipinski definition) is 6. The van der Waals surface area contributed by atoms with Gasteiger partial charge in [-0.2, -0.15) is 20.7 Å². The Morgan fingerprint density at radius 2 is 2.03 bits per heavy atom. The van der Waals surface area contributed by atoms with Gasteiger partial charge in [0.1, 0.15) is 23.3 Å². The van der Waals surface area contributed by atoms with Gasteiger partial charge in [0.25, 0.3) is 17.6 Å². The molecule has 1 aromatic carbocycles. The van der Waals surface area contributed by atoms with Crippen molar-refractivity contribution in [3.05, 3.63) is 64.5 Å². The van der Waals surface area contributed by atoms with E-state index in [1.54, 1.807) is 6.07 Å². The second-order valence-electron chi connectivity index (χ2n) is 7.91. The zero-order valence-corrected chi connectivity index (χ0v) is 18.8. The molecule has 0 saturated heterocycles. The van der Waals surface area contributed by atoms with E-state index in [2.05, 4.69) is 26.0 Å². The van der Waals surface area contributed by atoms with Gasteiger partial charge in [-0.1, -0.05) is 0 Å². The van der Waals surface area contributed by atoms with Gasteiger partial charge in [-0.25, -0.2) is 13.2 Å². The molecule has 3 aromatic rings. The van der Waals surface area contributed by atoms with Crippen molar-refractivity contribution in [3.63, 3.8) is 0 Å². The third-order valence-corrected chi connectivity index (χ3v) is 5.10. The van der Waals surface area contributed by atoms with Crippen LogP contribution in [0.25, 0.3) is 0 Å². The van der Waals surface area contributed by atoms with Crippen LogP contribution in [0.2, 0.25) is 0 Å². The summed E-state index contributed by atoms with van der Waals surface area (Å²) in [5, 5.41) is 23.2. The third kappa shape index (κ3) is 5.72. The maximum Gasteiger partial charge on any atom is 0.293 e. The number of hydrogen-bond donors (Lipinski definition) is 3. The molecule has 0 aliphatic carbocycles. The molecule has 182 valence electrons. The number of carbonyl (C=O) groups is 3. The molecule has 1 atom stereocenters. The van der Waals surface area contributed by atoms with Gasteiger partial charge in [-0.15, -0.1) is 0 Å². The Kier molecular flexibility index (Phi) is 7.04. The van der Waals surface area contributed by atoms with Crippen molar-refractivity contribution in [1.29, 1.82) is 5.26 Å². The molecular weight excluding hydrogens is 467 g/mol. The first-order valence-electron chi connectivity index (χ1n) is 10.2. The average molecular weight is 487 g/mol. The predicted molar refractivity (Wildman–Crippen MR) is 116 cm³/mol. The standard InChI is InChI=1S/C22H20F3N7O3/c1-11-14(19(33)21(35)29-16(7-22(2,24)25)17-9-27-31-30-17)10-32(3)18(11)20(34)28-13-4-5-15(23)12(6-13)8-26/h4-6,9-10,16H,7H2,1-3H3,(H,28,34)(H,29,35)(H,27,30,31)/t16-/m0/s1. The average Bonchev–Trinajstić information content (AvgIpc) is 3.41. The Balaban J connectivity index is 1.82. The summed E-state index contributed by atoms with van der Waals surface area (Å²) in [6, 6.07) is 3.82. The molecule has 0 radical (unpaired) electrons. The molecule has 0 aliphatic heterocycles. The van der Waals surface area contributed by atoms with Crippen LogP contribution in [0, 0.1) is 24.1 Å². The minimum atomic E-state index is -3.17. The summed E-state index contributed by atoms with van der Waals surface area (Å²) in [7, 11) is 1.47. The Labute approximate surface area is 197 Å². The number of anilines is 1. The molecule has 3 rings (SSSR count). The maximum absolute atomic E-state index is 13.6. The van der Waals surface area contributed by atoms with Crippen LogP contribution in [-0.2, 0) is 11.8 Å². The van der Waals surface area contributed by atoms with Crippen molar-refractivity contribution in [2.75, 3.05) is 5.32 Å². The first-order valence-corrected chi connectivity index (χ1v) is 10.2. The first kappa shape index (κ1) is 25.2. The van der Waals surface area contributed by atoms with Crippen molar-refractivity contribution in [2.45, 2.75) is 32.2 Å². The first-order chi connectivity index (χ1) is 16.4. The van der Waals surface area contributed by atoms with E-state index in [1.807, 2.05) is 0 Å². The lowest BCUT2D eigenvalue weighted by molar-refractivity contribution is -0.118. The van der Waals surface area contributed by atoms with Gasteiger partial charge >= 0.3 is 0 Å². The number of rotatable bonds is 8. The lowest BCUT2D eigenvalue weighted by Gasteiger charge is -2.19. The molecule has 0 spiro atoms. The number of alkyl halides is 2. The fraction of sp³-hybridized carbons (Fsp3) is 0.273. The monoisotopic (exact) mass is 487 g/mol. The summed E-state index contributed by atoms with van der Waals surface area (Å²) in [6.45, 7) is 2.11. The number of aromatic amines is 1. The SMILES string of the molecule is Cc1c(C(=O)C(=O)N[C@@H](CC(C)(F)F)c2cn[nH]n2)cn(C)c1C(=O)Nc1ccc(F)c(C#N)c1. The van der Waals surface area contributed by atoms with Crippen LogP contribution in [0.3, 0.4) is 0 Å². The van der Waals surface area contributed by atoms with Gasteiger partial charge in [-0.3, -0.25) is 14.4 Å². The normalized spacial score (nSPS) is 12.0. The highest BCUT2D eigenvalue weighted by atomic mass is 19.3. The molecule has 2 amide bonds. The molecule has 0 fully saturated rings. The highest BCUT2D eigenvalue weighted by molar-refractivity contribution is 6.43. The number of aromatic nitrogens is 4. The van der Waals surface area contributed by atoms with Gasteiger partial charge in [0.05, 0.1) is 17.8 Å². The number of Topliss-reactive ketones (excluding diaryl/α,β-unsaturated/α-hetero) is 1. The summed E-state index contributed by atoms with van der Waals surface area (Å²) in [4.78, 5) is 38.3. The van der Waals surface area contributed by atoms with Crippen molar-refractivity contribution in [3.8, 4) is 6.07 Å². The minimum Gasteiger partial charge on any atom is -0.346 e. The largest absolute Gasteiger partial charge is 0.346 e. The van der Waals surface area contributed by atoms with Gasteiger partial charge < -0.3 is 15.2 Å². The van der Waals surface area contributed by atoms with Crippen LogP contribution in [-0.4, -0.2) is 43.5 Å². The summed E-state index contributed by atoms with van der Waals surface area (Å²) in [5.74, 6) is -6.80. The molecule has 10 nitrogen and oxygen atoms in total. The molecule has 2 aromatic heterocycles. The maximum atomic E-state index is 13.6. The molecule has 2 heterocycles. The Bertz CT molecular complexity index is 1320. The van der Waals surface area contributed by atoms with Crippen molar-refractivity contribution >= 4 is 23.3 Å². The van der Waals surface area contributed by atoms with E-state index in [4.69, 9.17) is 5.26 Å². The quantitative estimate of drug-likeness (QED) is 0.329. The number of ketones is 1. The summed E-state index contributed by atoms with van der Waals surface area (Å²) in [6.07, 6.45) is 1.60. The Hall–Kier alpha value is -4.47. The van der Waals surface area contributed by atoms with Crippen LogP contribution < -0.4 is 10.6 Å². The van der Waals surface area contributed by atoms with E-state index in [9.17, 15) is 27.6 Å². The number of nitrogens with one attached hydrogen (secondary N) is 3. The lowest BCUT2D eigenvalue weighted by atomic mass is 10.0. The number of nitriles is 1. The van der Waals surface area contributed by atoms with Crippen LogP contribution >= 0.6 is 0 Å². The summed E-state index contributed by atoms with van der Waals surface area (Å²) >= 11 is 0. The minimum absolute atomic E-state index is 0.0218. The topological polar surface area (TPSA) is 146 Å². The number of carbonyl (C=O) groups excluding carboxylic acids is 3. The second-order valence-corrected chi connectivity index (χ2v) is 7.91.